The molecule has 4 nitrogen and oxygen atoms in total. The second kappa shape index (κ2) is 5.65. The molecule has 0 saturated carbocycles. The molecule has 1 heterocycles. The standard InChI is InChI=1S/C16H21NO3/c1-16(2)7-4-9-17(10-8-16)14(18)12-5-3-6-13(11-12)15(19)20/h3,5-6,11H,4,7-10H2,1-2H3,(H,19,20). The lowest BCUT2D eigenvalue weighted by Crippen LogP contribution is -2.32. The van der Waals surface area contributed by atoms with Crippen LogP contribution >= 0.6 is 0 Å². The number of aromatic carboxylic acids is 1. The second-order valence-corrected chi connectivity index (χ2v) is 6.20. The number of carbonyl (C=O) groups excluding carboxylic acids is 1. The number of carboxylic acids is 1. The molecular weight excluding hydrogens is 254 g/mol. The Morgan fingerprint density at radius 2 is 1.85 bits per heavy atom. The summed E-state index contributed by atoms with van der Waals surface area (Å²) in [6.45, 7) is 5.95. The summed E-state index contributed by atoms with van der Waals surface area (Å²) in [4.78, 5) is 25.3. The second-order valence-electron chi connectivity index (χ2n) is 6.20. The van der Waals surface area contributed by atoms with Gasteiger partial charge in [0, 0.05) is 18.7 Å². The molecule has 0 bridgehead atoms. The van der Waals surface area contributed by atoms with Gasteiger partial charge in [0.25, 0.3) is 5.91 Å². The van der Waals surface area contributed by atoms with Crippen molar-refractivity contribution in [1.82, 2.24) is 4.90 Å². The highest BCUT2D eigenvalue weighted by Crippen LogP contribution is 2.30. The largest absolute Gasteiger partial charge is 0.478 e. The first-order valence-electron chi connectivity index (χ1n) is 7.02. The van der Waals surface area contributed by atoms with Gasteiger partial charge in [0.05, 0.1) is 5.56 Å². The number of nitrogens with zero attached hydrogens (tertiary/aromatic N) is 1. The van der Waals surface area contributed by atoms with Crippen LogP contribution in [-0.2, 0) is 0 Å². The number of carbonyl (C=O) groups is 2. The van der Waals surface area contributed by atoms with Crippen LogP contribution < -0.4 is 0 Å². The third kappa shape index (κ3) is 3.38. The van der Waals surface area contributed by atoms with E-state index in [0.717, 1.165) is 32.4 Å². The number of hydrogen-bond acceptors (Lipinski definition) is 2. The molecular formula is C16H21NO3. The fourth-order valence-electron chi connectivity index (χ4n) is 2.59. The van der Waals surface area contributed by atoms with E-state index in [4.69, 9.17) is 5.11 Å². The van der Waals surface area contributed by atoms with Crippen molar-refractivity contribution in [2.45, 2.75) is 33.1 Å². The molecule has 0 aliphatic carbocycles. The van der Waals surface area contributed by atoms with Gasteiger partial charge in [0.15, 0.2) is 0 Å². The zero-order valence-electron chi connectivity index (χ0n) is 12.1. The predicted octanol–water partition coefficient (Wildman–Crippen LogP) is 3.04. The molecule has 0 aromatic heterocycles. The lowest BCUT2D eigenvalue weighted by atomic mass is 9.85. The van der Waals surface area contributed by atoms with Crippen molar-refractivity contribution < 1.29 is 14.7 Å². The third-order valence-electron chi connectivity index (χ3n) is 3.98. The van der Waals surface area contributed by atoms with Crippen LogP contribution in [0.1, 0.15) is 53.8 Å². The van der Waals surface area contributed by atoms with E-state index in [1.165, 1.54) is 12.1 Å². The first-order chi connectivity index (χ1) is 9.39. The van der Waals surface area contributed by atoms with E-state index in [2.05, 4.69) is 13.8 Å². The Labute approximate surface area is 119 Å². The molecule has 1 fully saturated rings. The topological polar surface area (TPSA) is 57.6 Å². The van der Waals surface area contributed by atoms with E-state index in [0.29, 0.717) is 5.56 Å². The molecule has 20 heavy (non-hydrogen) atoms. The summed E-state index contributed by atoms with van der Waals surface area (Å²) in [6, 6.07) is 6.27. The van der Waals surface area contributed by atoms with Gasteiger partial charge >= 0.3 is 5.97 Å². The van der Waals surface area contributed by atoms with Crippen molar-refractivity contribution in [3.8, 4) is 0 Å². The molecule has 1 aromatic rings. The summed E-state index contributed by atoms with van der Waals surface area (Å²) in [7, 11) is 0. The maximum absolute atomic E-state index is 12.5. The van der Waals surface area contributed by atoms with E-state index in [1.54, 1.807) is 12.1 Å². The maximum atomic E-state index is 12.5. The summed E-state index contributed by atoms with van der Waals surface area (Å²) in [6.07, 6.45) is 3.10. The van der Waals surface area contributed by atoms with Crippen LogP contribution in [0, 0.1) is 5.41 Å². The number of rotatable bonds is 2. The summed E-state index contributed by atoms with van der Waals surface area (Å²) in [5.74, 6) is -1.07. The molecule has 0 radical (unpaired) electrons. The Kier molecular flexibility index (Phi) is 4.12. The minimum absolute atomic E-state index is 0.0641. The summed E-state index contributed by atoms with van der Waals surface area (Å²) in [5.41, 5.74) is 0.897. The lowest BCUT2D eigenvalue weighted by molar-refractivity contribution is 0.0697. The molecule has 0 spiro atoms. The molecule has 1 aliphatic rings. The Morgan fingerprint density at radius 3 is 2.55 bits per heavy atom. The zero-order chi connectivity index (χ0) is 14.8. The van der Waals surface area contributed by atoms with Crippen LogP contribution in [0.25, 0.3) is 0 Å². The highest BCUT2D eigenvalue weighted by Gasteiger charge is 2.26. The van der Waals surface area contributed by atoms with Crippen LogP contribution in [0.5, 0.6) is 0 Å². The highest BCUT2D eigenvalue weighted by molar-refractivity contribution is 5.97. The van der Waals surface area contributed by atoms with E-state index in [1.807, 2.05) is 4.90 Å². The quantitative estimate of drug-likeness (QED) is 0.902. The van der Waals surface area contributed by atoms with Crippen LogP contribution in [0.15, 0.2) is 24.3 Å². The Morgan fingerprint density at radius 1 is 1.15 bits per heavy atom. The fourth-order valence-corrected chi connectivity index (χ4v) is 2.59. The van der Waals surface area contributed by atoms with Gasteiger partial charge in [0.2, 0.25) is 0 Å². The van der Waals surface area contributed by atoms with Crippen molar-refractivity contribution in [2.75, 3.05) is 13.1 Å². The van der Waals surface area contributed by atoms with Gasteiger partial charge in [0.1, 0.15) is 0 Å². The monoisotopic (exact) mass is 275 g/mol. The lowest BCUT2D eigenvalue weighted by Gasteiger charge is -2.23. The first-order valence-corrected chi connectivity index (χ1v) is 7.02. The summed E-state index contributed by atoms with van der Waals surface area (Å²) < 4.78 is 0. The van der Waals surface area contributed by atoms with Crippen LogP contribution in [0.3, 0.4) is 0 Å². The maximum Gasteiger partial charge on any atom is 0.335 e. The van der Waals surface area contributed by atoms with Gasteiger partial charge in [-0.2, -0.15) is 0 Å². The smallest absolute Gasteiger partial charge is 0.335 e. The van der Waals surface area contributed by atoms with Crippen molar-refractivity contribution in [3.63, 3.8) is 0 Å². The SMILES string of the molecule is CC1(C)CCCN(C(=O)c2cccc(C(=O)O)c2)CC1. The van der Waals surface area contributed by atoms with Crippen LogP contribution in [0.2, 0.25) is 0 Å². The van der Waals surface area contributed by atoms with E-state index >= 15 is 0 Å². The van der Waals surface area contributed by atoms with Crippen LogP contribution in [-0.4, -0.2) is 35.0 Å². The molecule has 0 unspecified atom stereocenters. The first kappa shape index (κ1) is 14.6. The van der Waals surface area contributed by atoms with Gasteiger partial charge in [-0.25, -0.2) is 4.79 Å². The Hall–Kier alpha value is -1.84. The third-order valence-corrected chi connectivity index (χ3v) is 3.98. The average Bonchev–Trinajstić information content (AvgIpc) is 2.59. The minimum atomic E-state index is -1.00. The zero-order valence-corrected chi connectivity index (χ0v) is 12.1. The number of likely N-dealkylation sites (tertiary alicyclic amines) is 1. The molecule has 108 valence electrons. The van der Waals surface area contributed by atoms with Gasteiger partial charge in [-0.15, -0.1) is 0 Å². The van der Waals surface area contributed by atoms with E-state index in [-0.39, 0.29) is 16.9 Å². The van der Waals surface area contributed by atoms with Crippen molar-refractivity contribution >= 4 is 11.9 Å². The summed E-state index contributed by atoms with van der Waals surface area (Å²) in [5, 5.41) is 8.99. The number of amides is 1. The molecule has 1 saturated heterocycles. The molecule has 0 atom stereocenters. The normalized spacial score (nSPS) is 18.4. The fraction of sp³-hybridized carbons (Fsp3) is 0.500. The molecule has 1 aromatic carbocycles. The molecule has 2 rings (SSSR count). The van der Waals surface area contributed by atoms with Crippen molar-refractivity contribution in [3.05, 3.63) is 35.4 Å². The van der Waals surface area contributed by atoms with Crippen molar-refractivity contribution in [1.29, 1.82) is 0 Å². The Balaban J connectivity index is 2.15. The molecule has 1 amide bonds. The van der Waals surface area contributed by atoms with Gasteiger partial charge in [-0.1, -0.05) is 19.9 Å². The molecule has 1 aliphatic heterocycles. The molecule has 1 N–H and O–H groups in total. The highest BCUT2D eigenvalue weighted by atomic mass is 16.4. The summed E-state index contributed by atoms with van der Waals surface area (Å²) >= 11 is 0. The predicted molar refractivity (Wildman–Crippen MR) is 76.9 cm³/mol. The van der Waals surface area contributed by atoms with Gasteiger partial charge < -0.3 is 10.0 Å². The minimum Gasteiger partial charge on any atom is -0.478 e. The van der Waals surface area contributed by atoms with Gasteiger partial charge in [-0.3, -0.25) is 4.79 Å². The molecule has 4 heteroatoms. The van der Waals surface area contributed by atoms with E-state index < -0.39 is 5.97 Å². The van der Waals surface area contributed by atoms with E-state index in [9.17, 15) is 9.59 Å². The van der Waals surface area contributed by atoms with Crippen LogP contribution in [0.4, 0.5) is 0 Å². The number of hydrogen-bond donors (Lipinski definition) is 1. The van der Waals surface area contributed by atoms with Gasteiger partial charge in [-0.05, 0) is 42.9 Å². The Bertz CT molecular complexity index is 522. The number of carboxylic acid groups (broad SMARTS) is 1. The van der Waals surface area contributed by atoms with Crippen molar-refractivity contribution in [2.24, 2.45) is 5.41 Å². The average molecular weight is 275 g/mol. The number of benzene rings is 1.